The Morgan fingerprint density at radius 2 is 2.15 bits per heavy atom. The quantitative estimate of drug-likeness (QED) is 0.643. The second-order valence-corrected chi connectivity index (χ2v) is 7.42. The van der Waals surface area contributed by atoms with Gasteiger partial charge in [0.05, 0.1) is 36.2 Å². The van der Waals surface area contributed by atoms with Crippen molar-refractivity contribution in [2.75, 3.05) is 35.9 Å². The second kappa shape index (κ2) is 8.94. The molecular formula is C18H21N5OS2. The number of rotatable bonds is 4. The molecule has 0 bridgehead atoms. The minimum Gasteiger partial charge on any atom is -0.378 e. The van der Waals surface area contributed by atoms with Crippen LogP contribution in [0.25, 0.3) is 10.9 Å². The summed E-state index contributed by atoms with van der Waals surface area (Å²) in [6.07, 6.45) is 3.63. The molecule has 1 saturated heterocycles. The van der Waals surface area contributed by atoms with Crippen LogP contribution in [-0.4, -0.2) is 36.3 Å². The number of ether oxygens (including phenoxy) is 1. The zero-order chi connectivity index (χ0) is 18.4. The summed E-state index contributed by atoms with van der Waals surface area (Å²) in [7, 11) is 0. The van der Waals surface area contributed by atoms with Gasteiger partial charge in [0.2, 0.25) is 0 Å². The van der Waals surface area contributed by atoms with E-state index < -0.39 is 0 Å². The van der Waals surface area contributed by atoms with E-state index in [-0.39, 0.29) is 0 Å². The number of thiazole rings is 1. The van der Waals surface area contributed by atoms with E-state index in [1.807, 2.05) is 38.2 Å². The number of para-hydroxylation sites is 1. The number of aromatic amines is 1. The summed E-state index contributed by atoms with van der Waals surface area (Å²) in [5, 5.41) is 11.1. The van der Waals surface area contributed by atoms with E-state index in [0.717, 1.165) is 52.2 Å². The smallest absolute Gasteiger partial charge is 0.186 e. The fourth-order valence-electron chi connectivity index (χ4n) is 2.64. The second-order valence-electron chi connectivity index (χ2n) is 5.31. The Morgan fingerprint density at radius 1 is 1.35 bits per heavy atom. The van der Waals surface area contributed by atoms with Crippen LogP contribution in [0.2, 0.25) is 0 Å². The molecule has 1 aliphatic rings. The topological polar surface area (TPSA) is 77.0 Å². The van der Waals surface area contributed by atoms with Crippen LogP contribution in [0, 0.1) is 11.3 Å². The average Bonchev–Trinajstić information content (AvgIpc) is 3.36. The third-order valence-electron chi connectivity index (χ3n) is 3.85. The molecule has 1 aromatic carbocycles. The minimum absolute atomic E-state index is 0.658. The summed E-state index contributed by atoms with van der Waals surface area (Å²) in [4.78, 5) is 9.93. The molecule has 0 unspecified atom stereocenters. The van der Waals surface area contributed by atoms with Crippen molar-refractivity contribution < 1.29 is 4.74 Å². The predicted octanol–water partition coefficient (Wildman–Crippen LogP) is 4.48. The molecule has 0 atom stereocenters. The summed E-state index contributed by atoms with van der Waals surface area (Å²) in [5.41, 5.74) is 2.56. The number of morpholine rings is 1. The van der Waals surface area contributed by atoms with E-state index in [4.69, 9.17) is 10.00 Å². The van der Waals surface area contributed by atoms with Crippen LogP contribution in [0.1, 0.15) is 19.4 Å². The number of fused-ring (bicyclic) bond motifs is 1. The highest BCUT2D eigenvalue weighted by Crippen LogP contribution is 2.33. The molecule has 6 nitrogen and oxygen atoms in total. The lowest BCUT2D eigenvalue weighted by atomic mass is 10.2. The van der Waals surface area contributed by atoms with Crippen LogP contribution in [0.5, 0.6) is 0 Å². The summed E-state index contributed by atoms with van der Waals surface area (Å²) in [5.74, 6) is 0. The van der Waals surface area contributed by atoms with Crippen molar-refractivity contribution in [1.82, 2.24) is 9.97 Å². The van der Waals surface area contributed by atoms with Crippen molar-refractivity contribution in [2.45, 2.75) is 18.1 Å². The number of aromatic nitrogens is 2. The maximum atomic E-state index is 9.13. The van der Waals surface area contributed by atoms with Gasteiger partial charge in [-0.2, -0.15) is 5.26 Å². The number of H-pyrrole nitrogens is 1. The number of nitrogens with one attached hydrogen (secondary N) is 2. The third-order valence-corrected chi connectivity index (χ3v) is 5.83. The zero-order valence-corrected chi connectivity index (χ0v) is 16.4. The number of nitriles is 1. The molecule has 3 aromatic rings. The number of nitrogens with zero attached hydrogens (tertiary/aromatic N) is 3. The molecule has 0 aliphatic carbocycles. The summed E-state index contributed by atoms with van der Waals surface area (Å²) in [6, 6.07) is 8.10. The van der Waals surface area contributed by atoms with Crippen molar-refractivity contribution in [2.24, 2.45) is 0 Å². The molecule has 136 valence electrons. The Balaban J connectivity index is 0.000000948. The van der Waals surface area contributed by atoms with Gasteiger partial charge in [-0.25, -0.2) is 4.98 Å². The standard InChI is InChI=1S/C16H15N5OS2.C2H6/c17-8-11-9-18-15-12(11)2-1-3-13(15)20-24-14-10-19-16(23-14)21-4-6-22-7-5-21;1-2/h1-3,9-10,18,20H,4-7H2;1-2H3. The molecular weight excluding hydrogens is 366 g/mol. The first-order valence-corrected chi connectivity index (χ1v) is 10.2. The van der Waals surface area contributed by atoms with Crippen molar-refractivity contribution in [3.63, 3.8) is 0 Å². The van der Waals surface area contributed by atoms with Gasteiger partial charge in [0.15, 0.2) is 5.13 Å². The van der Waals surface area contributed by atoms with Gasteiger partial charge in [0, 0.05) is 24.7 Å². The number of anilines is 2. The fourth-order valence-corrected chi connectivity index (χ4v) is 4.34. The van der Waals surface area contributed by atoms with Gasteiger partial charge in [0.1, 0.15) is 10.3 Å². The summed E-state index contributed by atoms with van der Waals surface area (Å²) in [6.45, 7) is 7.31. The molecule has 0 saturated carbocycles. The molecule has 2 aromatic heterocycles. The Hall–Kier alpha value is -2.21. The van der Waals surface area contributed by atoms with Crippen LogP contribution >= 0.6 is 23.3 Å². The molecule has 0 amide bonds. The van der Waals surface area contributed by atoms with Crippen molar-refractivity contribution >= 4 is 45.0 Å². The molecule has 0 spiro atoms. The maximum Gasteiger partial charge on any atom is 0.186 e. The predicted molar refractivity (Wildman–Crippen MR) is 109 cm³/mol. The van der Waals surface area contributed by atoms with Crippen molar-refractivity contribution in [1.29, 1.82) is 5.26 Å². The van der Waals surface area contributed by atoms with Crippen LogP contribution < -0.4 is 9.62 Å². The van der Waals surface area contributed by atoms with E-state index in [1.54, 1.807) is 17.5 Å². The Morgan fingerprint density at radius 3 is 2.92 bits per heavy atom. The molecule has 2 N–H and O–H groups in total. The van der Waals surface area contributed by atoms with Crippen LogP contribution in [0.15, 0.2) is 34.8 Å². The van der Waals surface area contributed by atoms with Crippen molar-refractivity contribution in [3.05, 3.63) is 36.2 Å². The molecule has 4 rings (SSSR count). The van der Waals surface area contributed by atoms with Gasteiger partial charge in [-0.3, -0.25) is 0 Å². The molecule has 8 heteroatoms. The third kappa shape index (κ3) is 3.96. The highest BCUT2D eigenvalue weighted by molar-refractivity contribution is 8.02. The lowest BCUT2D eigenvalue weighted by Gasteiger charge is -2.25. The maximum absolute atomic E-state index is 9.13. The van der Waals surface area contributed by atoms with Crippen LogP contribution in [0.3, 0.4) is 0 Å². The molecule has 0 radical (unpaired) electrons. The first-order valence-electron chi connectivity index (χ1n) is 8.57. The fraction of sp³-hybridized carbons (Fsp3) is 0.333. The van der Waals surface area contributed by atoms with Gasteiger partial charge in [0.25, 0.3) is 0 Å². The van der Waals surface area contributed by atoms with E-state index >= 15 is 0 Å². The van der Waals surface area contributed by atoms with E-state index in [9.17, 15) is 0 Å². The van der Waals surface area contributed by atoms with Gasteiger partial charge in [-0.1, -0.05) is 37.3 Å². The molecule has 1 fully saturated rings. The van der Waals surface area contributed by atoms with Crippen LogP contribution in [-0.2, 0) is 4.74 Å². The number of hydrogen-bond donors (Lipinski definition) is 2. The van der Waals surface area contributed by atoms with E-state index in [0.29, 0.717) is 5.56 Å². The minimum atomic E-state index is 0.658. The SMILES string of the molecule is CC.N#Cc1c[nH]c2c(NSc3cnc(N4CCOCC4)s3)cccc12. The molecule has 3 heterocycles. The van der Waals surface area contributed by atoms with Crippen LogP contribution in [0.4, 0.5) is 10.8 Å². The zero-order valence-electron chi connectivity index (χ0n) is 14.8. The highest BCUT2D eigenvalue weighted by Gasteiger charge is 2.15. The summed E-state index contributed by atoms with van der Waals surface area (Å²) >= 11 is 3.21. The molecule has 26 heavy (non-hydrogen) atoms. The number of benzene rings is 1. The Bertz CT molecular complexity index is 893. The summed E-state index contributed by atoms with van der Waals surface area (Å²) < 4.78 is 9.84. The Kier molecular flexibility index (Phi) is 6.39. The van der Waals surface area contributed by atoms with E-state index in [2.05, 4.69) is 25.7 Å². The Labute approximate surface area is 161 Å². The number of hydrogen-bond acceptors (Lipinski definition) is 7. The average molecular weight is 388 g/mol. The lowest BCUT2D eigenvalue weighted by molar-refractivity contribution is 0.122. The monoisotopic (exact) mass is 387 g/mol. The van der Waals surface area contributed by atoms with E-state index in [1.165, 1.54) is 11.9 Å². The van der Waals surface area contributed by atoms with Gasteiger partial charge < -0.3 is 19.3 Å². The van der Waals surface area contributed by atoms with Gasteiger partial charge in [-0.05, 0) is 18.0 Å². The first kappa shape index (κ1) is 18.6. The van der Waals surface area contributed by atoms with Gasteiger partial charge >= 0.3 is 0 Å². The molecule has 1 aliphatic heterocycles. The van der Waals surface area contributed by atoms with Crippen molar-refractivity contribution in [3.8, 4) is 6.07 Å². The normalized spacial score (nSPS) is 13.8. The highest BCUT2D eigenvalue weighted by atomic mass is 32.2. The first-order chi connectivity index (χ1) is 12.8. The largest absolute Gasteiger partial charge is 0.378 e. The lowest BCUT2D eigenvalue weighted by Crippen LogP contribution is -2.36. The van der Waals surface area contributed by atoms with Gasteiger partial charge in [-0.15, -0.1) is 0 Å².